The molecule has 2 N–H and O–H groups in total. The summed E-state index contributed by atoms with van der Waals surface area (Å²) < 4.78 is 34.0. The van der Waals surface area contributed by atoms with Gasteiger partial charge < -0.3 is 15.0 Å². The van der Waals surface area contributed by atoms with E-state index in [2.05, 4.69) is 21.4 Å². The molecule has 2 atom stereocenters. The summed E-state index contributed by atoms with van der Waals surface area (Å²) in [5.74, 6) is -0.524. The lowest BCUT2D eigenvalue weighted by Gasteiger charge is -2.20. The van der Waals surface area contributed by atoms with E-state index in [9.17, 15) is 8.78 Å². The number of benzene rings is 1. The topological polar surface area (TPSA) is 49.9 Å². The predicted molar refractivity (Wildman–Crippen MR) is 108 cm³/mol. The van der Waals surface area contributed by atoms with Crippen LogP contribution < -0.4 is 10.1 Å². The van der Waals surface area contributed by atoms with Crippen LogP contribution in [-0.2, 0) is 0 Å². The van der Waals surface area contributed by atoms with E-state index in [1.54, 1.807) is 0 Å². The van der Waals surface area contributed by atoms with Crippen molar-refractivity contribution in [3.8, 4) is 16.9 Å². The molecule has 3 aromatic rings. The number of aromatic nitrogens is 2. The normalized spacial score (nSPS) is 20.8. The molecule has 7 heteroatoms. The Hall–Kier alpha value is -2.44. The highest BCUT2D eigenvalue weighted by atomic mass is 35.5. The number of H-pyrrole nitrogens is 1. The molecule has 4 heterocycles. The van der Waals surface area contributed by atoms with Crippen molar-refractivity contribution < 1.29 is 13.5 Å². The molecule has 5 rings (SSSR count). The molecule has 0 aliphatic carbocycles. The molecule has 2 aliphatic rings. The minimum atomic E-state index is -0.503. The summed E-state index contributed by atoms with van der Waals surface area (Å²) in [5, 5.41) is 4.19. The maximum atomic E-state index is 14.8. The Kier molecular flexibility index (Phi) is 4.85. The highest BCUT2D eigenvalue weighted by Gasteiger charge is 2.29. The summed E-state index contributed by atoms with van der Waals surface area (Å²) >= 11 is 0. The minimum Gasteiger partial charge on any atom is -0.496 e. The van der Waals surface area contributed by atoms with E-state index in [1.165, 1.54) is 43.5 Å². The molecular formula is C21H20ClF2N3O. The van der Waals surface area contributed by atoms with Crippen molar-refractivity contribution in [2.75, 3.05) is 7.11 Å². The van der Waals surface area contributed by atoms with E-state index in [4.69, 9.17) is 4.74 Å². The molecule has 2 aliphatic heterocycles. The second kappa shape index (κ2) is 7.18. The lowest BCUT2D eigenvalue weighted by atomic mass is 9.99. The van der Waals surface area contributed by atoms with Crippen molar-refractivity contribution in [2.45, 2.75) is 31.3 Å². The van der Waals surface area contributed by atoms with Gasteiger partial charge in [0.1, 0.15) is 23.0 Å². The van der Waals surface area contributed by atoms with Crippen LogP contribution in [0.1, 0.15) is 25.0 Å². The second-order valence-corrected chi connectivity index (χ2v) is 7.21. The van der Waals surface area contributed by atoms with Crippen LogP contribution >= 0.6 is 12.4 Å². The monoisotopic (exact) mass is 403 g/mol. The van der Waals surface area contributed by atoms with E-state index >= 15 is 0 Å². The Morgan fingerprint density at radius 1 is 1.18 bits per heavy atom. The maximum absolute atomic E-state index is 14.8. The van der Waals surface area contributed by atoms with Crippen LogP contribution in [0.15, 0.2) is 36.5 Å². The summed E-state index contributed by atoms with van der Waals surface area (Å²) in [7, 11) is 1.49. The van der Waals surface area contributed by atoms with Crippen LogP contribution in [0.4, 0.5) is 8.78 Å². The van der Waals surface area contributed by atoms with E-state index in [-0.39, 0.29) is 12.4 Å². The third-order valence-corrected chi connectivity index (χ3v) is 5.53. The van der Waals surface area contributed by atoms with Crippen molar-refractivity contribution in [1.29, 1.82) is 0 Å². The molecule has 1 aromatic carbocycles. The van der Waals surface area contributed by atoms with Crippen molar-refractivity contribution in [1.82, 2.24) is 15.3 Å². The van der Waals surface area contributed by atoms with Gasteiger partial charge in [-0.3, -0.25) is 0 Å². The summed E-state index contributed by atoms with van der Waals surface area (Å²) in [6.45, 7) is 0. The summed E-state index contributed by atoms with van der Waals surface area (Å²) in [5.41, 5.74) is 3.43. The van der Waals surface area contributed by atoms with Gasteiger partial charge in [0, 0.05) is 34.3 Å². The molecule has 4 nitrogen and oxygen atoms in total. The predicted octanol–water partition coefficient (Wildman–Crippen LogP) is 4.85. The number of ether oxygens (including phenoxy) is 1. The Labute approximate surface area is 167 Å². The van der Waals surface area contributed by atoms with E-state index < -0.39 is 11.6 Å². The van der Waals surface area contributed by atoms with Gasteiger partial charge in [0.25, 0.3) is 0 Å². The number of methoxy groups -OCH3 is 1. The van der Waals surface area contributed by atoms with Crippen LogP contribution in [-0.4, -0.2) is 29.2 Å². The fourth-order valence-corrected chi connectivity index (χ4v) is 4.29. The third-order valence-electron chi connectivity index (χ3n) is 5.53. The van der Waals surface area contributed by atoms with Crippen molar-refractivity contribution in [2.24, 2.45) is 0 Å². The first kappa shape index (κ1) is 18.9. The van der Waals surface area contributed by atoms with Gasteiger partial charge >= 0.3 is 0 Å². The van der Waals surface area contributed by atoms with Crippen LogP contribution in [0.3, 0.4) is 0 Å². The number of fused-ring (bicyclic) bond motifs is 3. The quantitative estimate of drug-likeness (QED) is 0.657. The second-order valence-electron chi connectivity index (χ2n) is 7.21. The fraction of sp³-hybridized carbons (Fsp3) is 0.286. The molecule has 2 unspecified atom stereocenters. The average Bonchev–Trinajstić information content (AvgIpc) is 3.24. The van der Waals surface area contributed by atoms with E-state index in [1.807, 2.05) is 6.07 Å². The zero-order valence-corrected chi connectivity index (χ0v) is 16.1. The zero-order chi connectivity index (χ0) is 18.5. The molecule has 1 fully saturated rings. The molecule has 28 heavy (non-hydrogen) atoms. The van der Waals surface area contributed by atoms with Gasteiger partial charge in [-0.05, 0) is 49.1 Å². The van der Waals surface area contributed by atoms with Gasteiger partial charge in [0.05, 0.1) is 13.3 Å². The summed E-state index contributed by atoms with van der Waals surface area (Å²) in [6, 6.07) is 6.93. The van der Waals surface area contributed by atoms with Crippen molar-refractivity contribution in [3.63, 3.8) is 0 Å². The SMILES string of the molecule is COc1ccc(F)cc1-c1c(F)cnc2[nH]c(C3=CC4CCC(C3)N4)cc12.Cl. The molecule has 146 valence electrons. The molecule has 2 bridgehead atoms. The third kappa shape index (κ3) is 3.06. The molecule has 0 radical (unpaired) electrons. The first-order chi connectivity index (χ1) is 13.1. The number of nitrogens with one attached hydrogen (secondary N) is 2. The molecular weight excluding hydrogens is 384 g/mol. The van der Waals surface area contributed by atoms with E-state index in [0.29, 0.717) is 40.0 Å². The van der Waals surface area contributed by atoms with E-state index in [0.717, 1.165) is 18.5 Å². The zero-order valence-electron chi connectivity index (χ0n) is 15.3. The molecule has 0 amide bonds. The Morgan fingerprint density at radius 2 is 2.04 bits per heavy atom. The largest absolute Gasteiger partial charge is 0.496 e. The highest BCUT2D eigenvalue weighted by molar-refractivity contribution is 5.97. The first-order valence-electron chi connectivity index (χ1n) is 9.10. The number of halogens is 3. The van der Waals surface area contributed by atoms with Crippen molar-refractivity contribution in [3.05, 3.63) is 53.9 Å². The van der Waals surface area contributed by atoms with Gasteiger partial charge in [-0.1, -0.05) is 6.08 Å². The Morgan fingerprint density at radius 3 is 2.82 bits per heavy atom. The minimum absolute atomic E-state index is 0. The van der Waals surface area contributed by atoms with Gasteiger partial charge in [-0.25, -0.2) is 13.8 Å². The van der Waals surface area contributed by atoms with Crippen LogP contribution in [0.5, 0.6) is 5.75 Å². The molecule has 0 saturated carbocycles. The number of hydrogen-bond acceptors (Lipinski definition) is 3. The summed E-state index contributed by atoms with van der Waals surface area (Å²) in [6.07, 6.45) is 6.66. The standard InChI is InChI=1S/C21H19F2N3O.ClH/c1-27-19-5-2-12(22)8-15(19)20-16-9-18(26-21(16)24-10-17(20)23)11-6-13-3-4-14(7-11)25-13;/h2,5-6,8-10,13-14,25H,3-4,7H2,1H3,(H,24,26);1H. The van der Waals surface area contributed by atoms with Crippen LogP contribution in [0.25, 0.3) is 27.7 Å². The van der Waals surface area contributed by atoms with Crippen LogP contribution in [0.2, 0.25) is 0 Å². The number of rotatable bonds is 3. The van der Waals surface area contributed by atoms with Gasteiger partial charge in [0.2, 0.25) is 0 Å². The highest BCUT2D eigenvalue weighted by Crippen LogP contribution is 2.39. The Bertz CT molecular complexity index is 1080. The smallest absolute Gasteiger partial charge is 0.150 e. The number of hydrogen-bond donors (Lipinski definition) is 2. The fourth-order valence-electron chi connectivity index (χ4n) is 4.29. The summed E-state index contributed by atoms with van der Waals surface area (Å²) in [4.78, 5) is 7.52. The number of aromatic amines is 1. The first-order valence-corrected chi connectivity index (χ1v) is 9.10. The maximum Gasteiger partial charge on any atom is 0.150 e. The van der Waals surface area contributed by atoms with Crippen molar-refractivity contribution >= 4 is 29.0 Å². The lowest BCUT2D eigenvalue weighted by molar-refractivity contribution is 0.415. The molecule has 2 aromatic heterocycles. The number of nitrogens with zero attached hydrogens (tertiary/aromatic N) is 1. The Balaban J connectivity index is 0.00000192. The molecule has 0 spiro atoms. The van der Waals surface area contributed by atoms with Gasteiger partial charge in [-0.15, -0.1) is 12.4 Å². The van der Waals surface area contributed by atoms with Crippen LogP contribution in [0, 0.1) is 11.6 Å². The molecule has 1 saturated heterocycles. The number of pyridine rings is 1. The van der Waals surface area contributed by atoms with Gasteiger partial charge in [-0.2, -0.15) is 0 Å². The lowest BCUT2D eigenvalue weighted by Crippen LogP contribution is -2.31. The van der Waals surface area contributed by atoms with Gasteiger partial charge in [0.15, 0.2) is 0 Å². The average molecular weight is 404 g/mol.